The monoisotopic (exact) mass is 185 g/mol. The van der Waals surface area contributed by atoms with E-state index in [1.807, 2.05) is 6.92 Å². The quantitative estimate of drug-likeness (QED) is 0.499. The Balaban J connectivity index is 3.86. The standard InChI is InChI=1S/C10H17O3/c1-5-6-7-8(11)13-9(12)10(2,3)4/h7H,5-6H2,1-4H3. The molecule has 3 heteroatoms. The van der Waals surface area contributed by atoms with E-state index in [1.165, 1.54) is 6.42 Å². The second-order valence-electron chi connectivity index (χ2n) is 3.95. The van der Waals surface area contributed by atoms with Gasteiger partial charge in [-0.25, -0.2) is 0 Å². The van der Waals surface area contributed by atoms with Crippen LogP contribution in [-0.4, -0.2) is 11.9 Å². The molecule has 0 unspecified atom stereocenters. The van der Waals surface area contributed by atoms with Crippen molar-refractivity contribution in [2.45, 2.75) is 40.5 Å². The topological polar surface area (TPSA) is 43.4 Å². The van der Waals surface area contributed by atoms with Gasteiger partial charge in [0.25, 0.3) is 0 Å². The molecule has 0 heterocycles. The maximum Gasteiger partial charge on any atom is 0.318 e. The molecule has 0 aromatic rings. The third kappa shape index (κ3) is 5.39. The molecule has 0 aromatic carbocycles. The highest BCUT2D eigenvalue weighted by Crippen LogP contribution is 2.15. The molecule has 1 radical (unpaired) electrons. The van der Waals surface area contributed by atoms with Gasteiger partial charge < -0.3 is 4.74 Å². The highest BCUT2D eigenvalue weighted by Gasteiger charge is 2.25. The molecule has 3 nitrogen and oxygen atoms in total. The van der Waals surface area contributed by atoms with E-state index in [2.05, 4.69) is 4.74 Å². The zero-order valence-electron chi connectivity index (χ0n) is 8.72. The van der Waals surface area contributed by atoms with E-state index in [9.17, 15) is 9.59 Å². The van der Waals surface area contributed by atoms with Gasteiger partial charge in [0.1, 0.15) is 0 Å². The van der Waals surface area contributed by atoms with Crippen molar-refractivity contribution in [1.29, 1.82) is 0 Å². The molecule has 0 rings (SSSR count). The number of esters is 2. The van der Waals surface area contributed by atoms with Gasteiger partial charge >= 0.3 is 11.9 Å². The predicted octanol–water partition coefficient (Wildman–Crippen LogP) is 2.11. The molecular formula is C10H17O3. The molecule has 75 valence electrons. The SMILES string of the molecule is CCC[CH]C(=O)OC(=O)C(C)(C)C. The summed E-state index contributed by atoms with van der Waals surface area (Å²) < 4.78 is 4.58. The highest BCUT2D eigenvalue weighted by atomic mass is 16.6. The average Bonchev–Trinajstić information content (AvgIpc) is 1.99. The van der Waals surface area contributed by atoms with Crippen LogP contribution in [-0.2, 0) is 14.3 Å². The van der Waals surface area contributed by atoms with Crippen LogP contribution in [0.1, 0.15) is 40.5 Å². The Hall–Kier alpha value is -0.860. The number of hydrogen-bond donors (Lipinski definition) is 0. The minimum atomic E-state index is -0.615. The van der Waals surface area contributed by atoms with Crippen LogP contribution >= 0.6 is 0 Å². The second kappa shape index (κ2) is 5.00. The number of hydrogen-bond acceptors (Lipinski definition) is 3. The van der Waals surface area contributed by atoms with Crippen molar-refractivity contribution in [1.82, 2.24) is 0 Å². The summed E-state index contributed by atoms with van der Waals surface area (Å²) in [4.78, 5) is 22.1. The lowest BCUT2D eigenvalue weighted by Crippen LogP contribution is -2.25. The van der Waals surface area contributed by atoms with Crippen molar-refractivity contribution in [3.05, 3.63) is 6.42 Å². The van der Waals surface area contributed by atoms with Crippen molar-refractivity contribution in [3.63, 3.8) is 0 Å². The van der Waals surface area contributed by atoms with Crippen LogP contribution in [0, 0.1) is 11.8 Å². The summed E-state index contributed by atoms with van der Waals surface area (Å²) in [5.74, 6) is -1.02. The molecule has 0 amide bonds. The molecule has 0 spiro atoms. The first-order valence-electron chi connectivity index (χ1n) is 4.47. The smallest absolute Gasteiger partial charge is 0.318 e. The summed E-state index contributed by atoms with van der Waals surface area (Å²) in [5, 5.41) is 0. The lowest BCUT2D eigenvalue weighted by Gasteiger charge is -2.14. The molecule has 0 saturated carbocycles. The van der Waals surface area contributed by atoms with Gasteiger partial charge in [0.15, 0.2) is 0 Å². The normalized spacial score (nSPS) is 11.1. The molecule has 0 aliphatic heterocycles. The summed E-state index contributed by atoms with van der Waals surface area (Å²) in [7, 11) is 0. The molecule has 0 atom stereocenters. The van der Waals surface area contributed by atoms with Crippen LogP contribution in [0.3, 0.4) is 0 Å². The van der Waals surface area contributed by atoms with Gasteiger partial charge in [0.05, 0.1) is 11.8 Å². The summed E-state index contributed by atoms with van der Waals surface area (Å²) in [6.07, 6.45) is 2.92. The van der Waals surface area contributed by atoms with Crippen LogP contribution in [0.5, 0.6) is 0 Å². The van der Waals surface area contributed by atoms with Gasteiger partial charge in [0.2, 0.25) is 0 Å². The Morgan fingerprint density at radius 3 is 2.23 bits per heavy atom. The van der Waals surface area contributed by atoms with Crippen molar-refractivity contribution >= 4 is 11.9 Å². The Labute approximate surface area is 79.5 Å². The van der Waals surface area contributed by atoms with Crippen LogP contribution in [0.2, 0.25) is 0 Å². The fourth-order valence-corrected chi connectivity index (χ4v) is 0.548. The molecule has 0 N–H and O–H groups in total. The highest BCUT2D eigenvalue weighted by molar-refractivity contribution is 5.92. The lowest BCUT2D eigenvalue weighted by atomic mass is 9.97. The van der Waals surface area contributed by atoms with Crippen LogP contribution in [0.25, 0.3) is 0 Å². The molecule has 0 aromatic heterocycles. The van der Waals surface area contributed by atoms with E-state index in [-0.39, 0.29) is 0 Å². The van der Waals surface area contributed by atoms with Gasteiger partial charge in [0, 0.05) is 0 Å². The maximum atomic E-state index is 11.2. The van der Waals surface area contributed by atoms with Gasteiger partial charge in [-0.1, -0.05) is 13.3 Å². The zero-order valence-corrected chi connectivity index (χ0v) is 8.72. The third-order valence-electron chi connectivity index (χ3n) is 1.41. The summed E-state index contributed by atoms with van der Waals surface area (Å²) in [5.41, 5.74) is -0.615. The zero-order chi connectivity index (χ0) is 10.5. The second-order valence-corrected chi connectivity index (χ2v) is 3.95. The fraction of sp³-hybridized carbons (Fsp3) is 0.700. The molecule has 13 heavy (non-hydrogen) atoms. The molecule has 0 aliphatic carbocycles. The van der Waals surface area contributed by atoms with E-state index >= 15 is 0 Å². The molecular weight excluding hydrogens is 168 g/mol. The molecule has 0 fully saturated rings. The van der Waals surface area contributed by atoms with E-state index in [1.54, 1.807) is 20.8 Å². The van der Waals surface area contributed by atoms with Crippen LogP contribution < -0.4 is 0 Å². The summed E-state index contributed by atoms with van der Waals surface area (Å²) in [6.45, 7) is 7.09. The number of carbonyl (C=O) groups excluding carboxylic acids is 2. The Morgan fingerprint density at radius 2 is 1.85 bits per heavy atom. The van der Waals surface area contributed by atoms with Gasteiger partial charge in [-0.2, -0.15) is 0 Å². The van der Waals surface area contributed by atoms with Crippen molar-refractivity contribution < 1.29 is 14.3 Å². The largest absolute Gasteiger partial charge is 0.393 e. The summed E-state index contributed by atoms with van der Waals surface area (Å²) in [6, 6.07) is 0. The fourth-order valence-electron chi connectivity index (χ4n) is 0.548. The minimum Gasteiger partial charge on any atom is -0.393 e. The van der Waals surface area contributed by atoms with E-state index in [0.717, 1.165) is 6.42 Å². The number of unbranched alkanes of at least 4 members (excludes halogenated alkanes) is 1. The maximum absolute atomic E-state index is 11.2. The first-order chi connectivity index (χ1) is 5.88. The molecule has 0 aliphatic rings. The minimum absolute atomic E-state index is 0.482. The van der Waals surface area contributed by atoms with Crippen molar-refractivity contribution in [3.8, 4) is 0 Å². The number of rotatable bonds is 3. The van der Waals surface area contributed by atoms with Crippen molar-refractivity contribution in [2.24, 2.45) is 5.41 Å². The molecule has 0 saturated heterocycles. The Kier molecular flexibility index (Phi) is 4.67. The van der Waals surface area contributed by atoms with Gasteiger partial charge in [-0.3, -0.25) is 9.59 Å². The van der Waals surface area contributed by atoms with Gasteiger partial charge in [-0.15, -0.1) is 0 Å². The van der Waals surface area contributed by atoms with Crippen LogP contribution in [0.4, 0.5) is 0 Å². The Bertz CT molecular complexity index is 189. The lowest BCUT2D eigenvalue weighted by molar-refractivity contribution is -0.163. The van der Waals surface area contributed by atoms with Gasteiger partial charge in [-0.05, 0) is 27.2 Å². The first-order valence-corrected chi connectivity index (χ1v) is 4.47. The van der Waals surface area contributed by atoms with E-state index in [0.29, 0.717) is 6.42 Å². The average molecular weight is 185 g/mol. The third-order valence-corrected chi connectivity index (χ3v) is 1.41. The summed E-state index contributed by atoms with van der Waals surface area (Å²) >= 11 is 0. The molecule has 0 bridgehead atoms. The number of ether oxygens (including phenoxy) is 1. The van der Waals surface area contributed by atoms with E-state index < -0.39 is 17.4 Å². The first kappa shape index (κ1) is 12.1. The van der Waals surface area contributed by atoms with Crippen molar-refractivity contribution in [2.75, 3.05) is 0 Å². The van der Waals surface area contributed by atoms with Crippen LogP contribution in [0.15, 0.2) is 0 Å². The predicted molar refractivity (Wildman–Crippen MR) is 49.8 cm³/mol. The van der Waals surface area contributed by atoms with E-state index in [4.69, 9.17) is 0 Å². The number of carbonyl (C=O) groups is 2. The Morgan fingerprint density at radius 1 is 1.31 bits per heavy atom.